The summed E-state index contributed by atoms with van der Waals surface area (Å²) in [7, 11) is 1.77. The number of carbonyl (C=O) groups is 1. The highest BCUT2D eigenvalue weighted by atomic mass is 16.6. The lowest BCUT2D eigenvalue weighted by molar-refractivity contribution is -0.179. The SMILES string of the molecule is CC(C)C(=O)N(C)C(C)(CNOCc1ccccc1)OCc1ccccc1. The van der Waals surface area contributed by atoms with E-state index in [0.29, 0.717) is 19.8 Å². The lowest BCUT2D eigenvalue weighted by Crippen LogP contribution is -2.56. The molecule has 0 aliphatic heterocycles. The van der Waals surface area contributed by atoms with Gasteiger partial charge in [0.15, 0.2) is 5.72 Å². The highest BCUT2D eigenvalue weighted by molar-refractivity contribution is 5.78. The third-order valence-electron chi connectivity index (χ3n) is 4.51. The molecule has 0 aliphatic rings. The van der Waals surface area contributed by atoms with Gasteiger partial charge in [0.25, 0.3) is 0 Å². The van der Waals surface area contributed by atoms with E-state index in [2.05, 4.69) is 5.48 Å². The standard InChI is InChI=1S/C22H30N2O3/c1-18(2)21(25)24(4)22(3,26-15-19-11-7-5-8-12-19)17-23-27-16-20-13-9-6-10-14-20/h5-14,18,23H,15-17H2,1-4H3. The van der Waals surface area contributed by atoms with Crippen molar-refractivity contribution < 1.29 is 14.4 Å². The smallest absolute Gasteiger partial charge is 0.227 e. The highest BCUT2D eigenvalue weighted by Gasteiger charge is 2.34. The molecule has 0 saturated carbocycles. The molecule has 0 bridgehead atoms. The van der Waals surface area contributed by atoms with E-state index in [1.807, 2.05) is 81.4 Å². The van der Waals surface area contributed by atoms with Gasteiger partial charge in [0.05, 0.1) is 19.8 Å². The molecular weight excluding hydrogens is 340 g/mol. The summed E-state index contributed by atoms with van der Waals surface area (Å²) in [5.41, 5.74) is 4.25. The maximum atomic E-state index is 12.5. The molecule has 1 atom stereocenters. The maximum absolute atomic E-state index is 12.5. The Hall–Kier alpha value is -2.21. The number of hydrogen-bond donors (Lipinski definition) is 1. The lowest BCUT2D eigenvalue weighted by atomic mass is 10.1. The van der Waals surface area contributed by atoms with E-state index in [0.717, 1.165) is 11.1 Å². The molecule has 1 unspecified atom stereocenters. The van der Waals surface area contributed by atoms with Crippen molar-refractivity contribution in [2.24, 2.45) is 5.92 Å². The number of likely N-dealkylation sites (N-methyl/N-ethyl adjacent to an activating group) is 1. The summed E-state index contributed by atoms with van der Waals surface area (Å²) in [5.74, 6) is -0.0877. The van der Waals surface area contributed by atoms with Gasteiger partial charge in [-0.15, -0.1) is 0 Å². The molecule has 2 aromatic carbocycles. The number of hydrogen-bond acceptors (Lipinski definition) is 4. The van der Waals surface area contributed by atoms with Crippen molar-refractivity contribution in [2.45, 2.75) is 39.7 Å². The van der Waals surface area contributed by atoms with Crippen molar-refractivity contribution in [3.8, 4) is 0 Å². The van der Waals surface area contributed by atoms with Crippen LogP contribution in [0.2, 0.25) is 0 Å². The average molecular weight is 370 g/mol. The highest BCUT2D eigenvalue weighted by Crippen LogP contribution is 2.20. The largest absolute Gasteiger partial charge is 0.350 e. The first kappa shape index (κ1) is 21.1. The van der Waals surface area contributed by atoms with Crippen LogP contribution in [-0.2, 0) is 27.6 Å². The van der Waals surface area contributed by atoms with Crippen LogP contribution < -0.4 is 5.48 Å². The molecule has 1 N–H and O–H groups in total. The number of rotatable bonds is 10. The average Bonchev–Trinajstić information content (AvgIpc) is 2.70. The van der Waals surface area contributed by atoms with E-state index in [1.54, 1.807) is 11.9 Å². The molecule has 0 spiro atoms. The summed E-state index contributed by atoms with van der Waals surface area (Å²) in [4.78, 5) is 19.8. The van der Waals surface area contributed by atoms with Gasteiger partial charge in [-0.3, -0.25) is 9.63 Å². The molecule has 5 heteroatoms. The predicted molar refractivity (Wildman–Crippen MR) is 106 cm³/mol. The second-order valence-electron chi connectivity index (χ2n) is 7.10. The molecule has 5 nitrogen and oxygen atoms in total. The molecule has 0 aromatic heterocycles. The Balaban J connectivity index is 1.98. The predicted octanol–water partition coefficient (Wildman–Crippen LogP) is 3.76. The number of hydroxylamine groups is 1. The van der Waals surface area contributed by atoms with Gasteiger partial charge in [0, 0.05) is 13.0 Å². The first-order valence-corrected chi connectivity index (χ1v) is 9.26. The number of amides is 1. The molecule has 27 heavy (non-hydrogen) atoms. The summed E-state index contributed by atoms with van der Waals surface area (Å²) < 4.78 is 6.16. The third kappa shape index (κ3) is 6.47. The Morgan fingerprint density at radius 2 is 1.52 bits per heavy atom. The van der Waals surface area contributed by atoms with Crippen LogP contribution in [0.3, 0.4) is 0 Å². The van der Waals surface area contributed by atoms with Crippen molar-refractivity contribution >= 4 is 5.91 Å². The first-order valence-electron chi connectivity index (χ1n) is 9.26. The van der Waals surface area contributed by atoms with Gasteiger partial charge in [-0.25, -0.2) is 0 Å². The fraction of sp³-hybridized carbons (Fsp3) is 0.409. The lowest BCUT2D eigenvalue weighted by Gasteiger charge is -2.39. The number of benzene rings is 2. The van der Waals surface area contributed by atoms with Crippen LogP contribution >= 0.6 is 0 Å². The van der Waals surface area contributed by atoms with Crippen molar-refractivity contribution in [3.05, 3.63) is 71.8 Å². The number of nitrogens with one attached hydrogen (secondary N) is 1. The van der Waals surface area contributed by atoms with Gasteiger partial charge in [0.1, 0.15) is 0 Å². The Bertz CT molecular complexity index is 691. The summed E-state index contributed by atoms with van der Waals surface area (Å²) in [5, 5.41) is 0. The molecule has 0 saturated heterocycles. The van der Waals surface area contributed by atoms with Crippen LogP contribution in [0.25, 0.3) is 0 Å². The monoisotopic (exact) mass is 370 g/mol. The Morgan fingerprint density at radius 1 is 1.00 bits per heavy atom. The minimum Gasteiger partial charge on any atom is -0.350 e. The number of carbonyl (C=O) groups excluding carboxylic acids is 1. The van der Waals surface area contributed by atoms with Gasteiger partial charge < -0.3 is 9.64 Å². The van der Waals surface area contributed by atoms with E-state index in [9.17, 15) is 4.79 Å². The van der Waals surface area contributed by atoms with Crippen LogP contribution in [0.5, 0.6) is 0 Å². The van der Waals surface area contributed by atoms with Gasteiger partial charge in [-0.1, -0.05) is 74.5 Å². The summed E-state index contributed by atoms with van der Waals surface area (Å²) >= 11 is 0. The first-order chi connectivity index (χ1) is 12.9. The molecule has 0 radical (unpaired) electrons. The Labute approximate surface area is 162 Å². The minimum atomic E-state index is -0.839. The molecule has 1 amide bonds. The molecular formula is C22H30N2O3. The number of nitrogens with zero attached hydrogens (tertiary/aromatic N) is 1. The van der Waals surface area contributed by atoms with Crippen LogP contribution in [0.4, 0.5) is 0 Å². The molecule has 2 rings (SSSR count). The van der Waals surface area contributed by atoms with Crippen molar-refractivity contribution in [1.82, 2.24) is 10.4 Å². The second-order valence-corrected chi connectivity index (χ2v) is 7.10. The molecule has 146 valence electrons. The molecule has 0 heterocycles. The zero-order valence-corrected chi connectivity index (χ0v) is 16.6. The fourth-order valence-electron chi connectivity index (χ4n) is 2.59. The van der Waals surface area contributed by atoms with Crippen LogP contribution in [-0.4, -0.2) is 30.1 Å². The summed E-state index contributed by atoms with van der Waals surface area (Å²) in [6.07, 6.45) is 0. The zero-order chi connectivity index (χ0) is 19.7. The number of ether oxygens (including phenoxy) is 1. The summed E-state index contributed by atoms with van der Waals surface area (Å²) in [6.45, 7) is 6.87. The molecule has 2 aromatic rings. The van der Waals surface area contributed by atoms with Gasteiger partial charge in [0.2, 0.25) is 5.91 Å². The second kappa shape index (κ2) is 10.2. The minimum absolute atomic E-state index is 0.0235. The van der Waals surface area contributed by atoms with Crippen molar-refractivity contribution in [1.29, 1.82) is 0 Å². The van der Waals surface area contributed by atoms with Gasteiger partial charge in [-0.2, -0.15) is 5.48 Å². The maximum Gasteiger partial charge on any atom is 0.227 e. The van der Waals surface area contributed by atoms with E-state index in [1.165, 1.54) is 0 Å². The quantitative estimate of drug-likeness (QED) is 0.393. The van der Waals surface area contributed by atoms with Crippen LogP contribution in [0.15, 0.2) is 60.7 Å². The van der Waals surface area contributed by atoms with E-state index < -0.39 is 5.72 Å². The molecule has 0 fully saturated rings. The summed E-state index contributed by atoms with van der Waals surface area (Å²) in [6, 6.07) is 19.8. The van der Waals surface area contributed by atoms with Crippen LogP contribution in [0, 0.1) is 5.92 Å². The third-order valence-corrected chi connectivity index (χ3v) is 4.51. The Morgan fingerprint density at radius 3 is 2.04 bits per heavy atom. The molecule has 0 aliphatic carbocycles. The van der Waals surface area contributed by atoms with Gasteiger partial charge in [-0.05, 0) is 18.1 Å². The zero-order valence-electron chi connectivity index (χ0n) is 16.6. The van der Waals surface area contributed by atoms with Crippen molar-refractivity contribution in [2.75, 3.05) is 13.6 Å². The van der Waals surface area contributed by atoms with E-state index in [4.69, 9.17) is 9.57 Å². The van der Waals surface area contributed by atoms with Crippen LogP contribution in [0.1, 0.15) is 31.9 Å². The van der Waals surface area contributed by atoms with E-state index >= 15 is 0 Å². The Kier molecular flexibility index (Phi) is 7.98. The topological polar surface area (TPSA) is 50.8 Å². The van der Waals surface area contributed by atoms with Gasteiger partial charge >= 0.3 is 0 Å². The fourth-order valence-corrected chi connectivity index (χ4v) is 2.59. The normalized spacial score (nSPS) is 13.4. The van der Waals surface area contributed by atoms with E-state index in [-0.39, 0.29) is 11.8 Å². The van der Waals surface area contributed by atoms with Crippen molar-refractivity contribution in [3.63, 3.8) is 0 Å².